The van der Waals surface area contributed by atoms with E-state index < -0.39 is 22.0 Å². The zero-order chi connectivity index (χ0) is 20.9. The molecule has 29 heavy (non-hydrogen) atoms. The molecule has 0 spiro atoms. The van der Waals surface area contributed by atoms with Gasteiger partial charge in [0.2, 0.25) is 15.9 Å². The molecule has 3 aromatic carbocycles. The molecule has 1 atom stereocenters. The highest BCUT2D eigenvalue weighted by Gasteiger charge is 2.31. The summed E-state index contributed by atoms with van der Waals surface area (Å²) in [4.78, 5) is 13.1. The van der Waals surface area contributed by atoms with Crippen molar-refractivity contribution in [3.63, 3.8) is 0 Å². The fraction of sp³-hybridized carbons (Fsp3) is 0.136. The summed E-state index contributed by atoms with van der Waals surface area (Å²) in [6, 6.07) is 24.0. The Balaban J connectivity index is 1.91. The highest BCUT2D eigenvalue weighted by atomic mass is 32.2. The second kappa shape index (κ2) is 8.89. The molecule has 3 aromatic rings. The lowest BCUT2D eigenvalue weighted by Crippen LogP contribution is -2.38. The Bertz CT molecular complexity index is 1070. The Kier molecular flexibility index (Phi) is 6.31. The maximum Gasteiger partial charge on any atom is 0.247 e. The molecule has 0 radical (unpaired) electrons. The third kappa shape index (κ3) is 5.22. The van der Waals surface area contributed by atoms with Gasteiger partial charge < -0.3 is 10.1 Å². The highest BCUT2D eigenvalue weighted by Crippen LogP contribution is 2.31. The summed E-state index contributed by atoms with van der Waals surface area (Å²) in [6.07, 6.45) is 1.07. The molecule has 0 aliphatic heterocycles. The molecule has 0 aliphatic carbocycles. The van der Waals surface area contributed by atoms with Gasteiger partial charge in [0.1, 0.15) is 11.8 Å². The predicted molar refractivity (Wildman–Crippen MR) is 113 cm³/mol. The van der Waals surface area contributed by atoms with Gasteiger partial charge in [-0.3, -0.25) is 4.79 Å². The normalized spacial score (nSPS) is 12.4. The van der Waals surface area contributed by atoms with E-state index in [1.807, 2.05) is 36.4 Å². The molecular weight excluding hydrogens is 388 g/mol. The first kappa shape index (κ1) is 20.6. The van der Waals surface area contributed by atoms with Gasteiger partial charge >= 0.3 is 0 Å². The molecule has 150 valence electrons. The first-order valence-electron chi connectivity index (χ1n) is 8.97. The summed E-state index contributed by atoms with van der Waals surface area (Å²) >= 11 is 0. The number of anilines is 1. The summed E-state index contributed by atoms with van der Waals surface area (Å²) in [5.74, 6) is 0.608. The molecule has 7 heteroatoms. The zero-order valence-electron chi connectivity index (χ0n) is 16.1. The van der Waals surface area contributed by atoms with E-state index >= 15 is 0 Å². The number of carbonyl (C=O) groups excluding carboxylic acids is 1. The number of nitrogens with one attached hydrogen (secondary N) is 1. The molecule has 0 saturated heterocycles. The molecule has 3 rings (SSSR count). The summed E-state index contributed by atoms with van der Waals surface area (Å²) in [5, 5.41) is 2.81. The van der Waals surface area contributed by atoms with Gasteiger partial charge in [0.15, 0.2) is 5.75 Å². The first-order valence-corrected chi connectivity index (χ1v) is 10.8. The van der Waals surface area contributed by atoms with E-state index in [9.17, 15) is 13.2 Å². The lowest BCUT2D eigenvalue weighted by Gasteiger charge is -2.26. The molecule has 1 unspecified atom stereocenters. The van der Waals surface area contributed by atoms with Crippen LogP contribution in [0.3, 0.4) is 0 Å². The number of sulfonamides is 1. The largest absolute Gasteiger partial charge is 0.455 e. The van der Waals surface area contributed by atoms with Crippen molar-refractivity contribution in [1.29, 1.82) is 0 Å². The smallest absolute Gasteiger partial charge is 0.247 e. The summed E-state index contributed by atoms with van der Waals surface area (Å²) in [5.41, 5.74) is 1.02. The minimum Gasteiger partial charge on any atom is -0.455 e. The molecule has 0 bridgehead atoms. The fourth-order valence-electron chi connectivity index (χ4n) is 2.83. The Morgan fingerprint density at radius 1 is 0.897 bits per heavy atom. The van der Waals surface area contributed by atoms with Crippen LogP contribution in [-0.4, -0.2) is 31.9 Å². The molecule has 0 aromatic heterocycles. The minimum atomic E-state index is -3.60. The topological polar surface area (TPSA) is 75.7 Å². The van der Waals surface area contributed by atoms with E-state index in [-0.39, 0.29) is 0 Å². The Morgan fingerprint density at radius 2 is 1.45 bits per heavy atom. The van der Waals surface area contributed by atoms with Crippen LogP contribution in [0.15, 0.2) is 84.9 Å². The van der Waals surface area contributed by atoms with Gasteiger partial charge in [-0.05, 0) is 29.8 Å². The van der Waals surface area contributed by atoms with Crippen molar-refractivity contribution in [2.24, 2.45) is 0 Å². The zero-order valence-corrected chi connectivity index (χ0v) is 17.0. The van der Waals surface area contributed by atoms with Gasteiger partial charge in [0.25, 0.3) is 0 Å². The van der Waals surface area contributed by atoms with E-state index in [4.69, 9.17) is 4.74 Å². The van der Waals surface area contributed by atoms with E-state index in [2.05, 4.69) is 5.32 Å². The van der Waals surface area contributed by atoms with Crippen molar-refractivity contribution in [2.75, 3.05) is 18.6 Å². The molecule has 1 amide bonds. The maximum atomic E-state index is 13.1. The van der Waals surface area contributed by atoms with E-state index in [1.54, 1.807) is 48.5 Å². The third-order valence-corrected chi connectivity index (χ3v) is 5.62. The number of nitrogens with zero attached hydrogens (tertiary/aromatic N) is 1. The number of likely N-dealkylation sites (N-methyl/N-ethyl adjacent to an activating group) is 1. The lowest BCUT2D eigenvalue weighted by molar-refractivity contribution is -0.119. The average molecular weight is 410 g/mol. The Hall–Kier alpha value is -3.16. The summed E-state index contributed by atoms with van der Waals surface area (Å²) in [7, 11) is -2.22. The van der Waals surface area contributed by atoms with Crippen LogP contribution in [0.4, 0.5) is 5.69 Å². The van der Waals surface area contributed by atoms with Gasteiger partial charge in [-0.1, -0.05) is 60.7 Å². The predicted octanol–water partition coefficient (Wildman–Crippen LogP) is 4.05. The quantitative estimate of drug-likeness (QED) is 0.638. The van der Waals surface area contributed by atoms with Gasteiger partial charge in [-0.15, -0.1) is 0 Å². The lowest BCUT2D eigenvalue weighted by atomic mass is 10.1. The van der Waals surface area contributed by atoms with Gasteiger partial charge in [-0.2, -0.15) is 4.31 Å². The second-order valence-corrected chi connectivity index (χ2v) is 8.53. The fourth-order valence-corrected chi connectivity index (χ4v) is 3.43. The van der Waals surface area contributed by atoms with Gasteiger partial charge in [0.05, 0.1) is 11.9 Å². The maximum absolute atomic E-state index is 13.1. The summed E-state index contributed by atoms with van der Waals surface area (Å²) in [6.45, 7) is 0. The van der Waals surface area contributed by atoms with Crippen molar-refractivity contribution >= 4 is 21.6 Å². The minimum absolute atomic E-state index is 0.448. The van der Waals surface area contributed by atoms with Crippen molar-refractivity contribution in [2.45, 2.75) is 6.04 Å². The van der Waals surface area contributed by atoms with Crippen molar-refractivity contribution < 1.29 is 17.9 Å². The van der Waals surface area contributed by atoms with E-state index in [0.717, 1.165) is 10.6 Å². The number of hydrogen-bond acceptors (Lipinski definition) is 4. The number of amides is 1. The molecule has 0 fully saturated rings. The highest BCUT2D eigenvalue weighted by molar-refractivity contribution is 7.88. The van der Waals surface area contributed by atoms with Crippen LogP contribution in [0, 0.1) is 0 Å². The van der Waals surface area contributed by atoms with E-state index in [1.165, 1.54) is 7.05 Å². The van der Waals surface area contributed by atoms with Crippen LogP contribution < -0.4 is 10.1 Å². The molecular formula is C22H22N2O4S. The summed E-state index contributed by atoms with van der Waals surface area (Å²) < 4.78 is 31.2. The number of para-hydroxylation sites is 3. The standard InChI is InChI=1S/C22H22N2O4S/c1-24(29(2,26)27)21(17-11-5-3-6-12-17)22(25)23-19-15-9-10-16-20(19)28-18-13-7-4-8-14-18/h3-16,21H,1-2H3,(H,23,25). The molecule has 6 nitrogen and oxygen atoms in total. The number of hydrogen-bond donors (Lipinski definition) is 1. The average Bonchev–Trinajstić information content (AvgIpc) is 2.70. The number of benzene rings is 3. The van der Waals surface area contributed by atoms with Gasteiger partial charge in [0, 0.05) is 7.05 Å². The molecule has 0 heterocycles. The molecule has 0 saturated carbocycles. The second-order valence-electron chi connectivity index (χ2n) is 6.49. The van der Waals surface area contributed by atoms with Crippen molar-refractivity contribution in [3.05, 3.63) is 90.5 Å². The third-order valence-electron chi connectivity index (χ3n) is 4.37. The van der Waals surface area contributed by atoms with Crippen LogP contribution in [0.2, 0.25) is 0 Å². The molecule has 0 aliphatic rings. The number of carbonyl (C=O) groups is 1. The Morgan fingerprint density at radius 3 is 2.07 bits per heavy atom. The van der Waals surface area contributed by atoms with Crippen molar-refractivity contribution in [3.8, 4) is 11.5 Å². The number of ether oxygens (including phenoxy) is 1. The van der Waals surface area contributed by atoms with Crippen LogP contribution >= 0.6 is 0 Å². The van der Waals surface area contributed by atoms with E-state index in [0.29, 0.717) is 22.7 Å². The SMILES string of the molecule is CN(C(C(=O)Nc1ccccc1Oc1ccccc1)c1ccccc1)S(C)(=O)=O. The Labute approximate surface area is 170 Å². The van der Waals surface area contributed by atoms with Crippen molar-refractivity contribution in [1.82, 2.24) is 4.31 Å². The van der Waals surface area contributed by atoms with Crippen LogP contribution in [0.25, 0.3) is 0 Å². The first-order chi connectivity index (χ1) is 13.9. The van der Waals surface area contributed by atoms with Gasteiger partial charge in [-0.25, -0.2) is 8.42 Å². The number of rotatable bonds is 7. The molecule has 1 N–H and O–H groups in total. The van der Waals surface area contributed by atoms with Crippen LogP contribution in [-0.2, 0) is 14.8 Å². The monoisotopic (exact) mass is 410 g/mol. The van der Waals surface area contributed by atoms with Crippen LogP contribution in [0.5, 0.6) is 11.5 Å². The van der Waals surface area contributed by atoms with Crippen LogP contribution in [0.1, 0.15) is 11.6 Å².